The number of rotatable bonds is 5. The molecule has 2 heterocycles. The van der Waals surface area contributed by atoms with Gasteiger partial charge in [-0.15, -0.1) is 0 Å². The van der Waals surface area contributed by atoms with Crippen LogP contribution in [0.3, 0.4) is 0 Å². The van der Waals surface area contributed by atoms with Gasteiger partial charge in [-0.1, -0.05) is 12.1 Å². The molecule has 3 atom stereocenters. The quantitative estimate of drug-likeness (QED) is 0.618. The molecule has 6 heteroatoms. The average molecular weight is 316 g/mol. The number of benzene rings is 1. The van der Waals surface area contributed by atoms with Crippen LogP contribution in [-0.4, -0.2) is 34.0 Å². The third kappa shape index (κ3) is 2.83. The molecule has 0 unspecified atom stereocenters. The van der Waals surface area contributed by atoms with E-state index >= 15 is 0 Å². The summed E-state index contributed by atoms with van der Waals surface area (Å²) in [5.41, 5.74) is 0.900. The summed E-state index contributed by atoms with van der Waals surface area (Å²) in [6.45, 7) is 0.457. The van der Waals surface area contributed by atoms with Crippen molar-refractivity contribution in [2.75, 3.05) is 0 Å². The van der Waals surface area contributed by atoms with Crippen LogP contribution in [0.2, 0.25) is 0 Å². The van der Waals surface area contributed by atoms with E-state index in [4.69, 9.17) is 4.74 Å². The van der Waals surface area contributed by atoms with E-state index < -0.39 is 4.92 Å². The SMILES string of the molecule is O=C([C@@H]1C[C@H]2CC[C@H]1O2)N(Cc1cccc([N+](=O)[O-])c1)C1CC1. The molecule has 2 saturated heterocycles. The summed E-state index contributed by atoms with van der Waals surface area (Å²) in [7, 11) is 0. The molecule has 1 amide bonds. The molecule has 6 nitrogen and oxygen atoms in total. The zero-order chi connectivity index (χ0) is 16.0. The standard InChI is InChI=1S/C17H20N2O4/c20-17(15-9-14-6-7-16(15)23-14)18(12-4-5-12)10-11-2-1-3-13(8-11)19(21)22/h1-3,8,12,14-16H,4-7,9-10H2/t14-,15-,16-/m1/s1. The highest BCUT2D eigenvalue weighted by molar-refractivity contribution is 5.80. The molecule has 1 aromatic rings. The van der Waals surface area contributed by atoms with Crippen LogP contribution < -0.4 is 0 Å². The molecule has 2 aliphatic heterocycles. The minimum absolute atomic E-state index is 0.0203. The molecular formula is C17H20N2O4. The number of amides is 1. The highest BCUT2D eigenvalue weighted by atomic mass is 16.6. The molecule has 1 aromatic carbocycles. The fourth-order valence-corrected chi connectivity index (χ4v) is 3.85. The van der Waals surface area contributed by atoms with Crippen molar-refractivity contribution in [3.8, 4) is 0 Å². The summed E-state index contributed by atoms with van der Waals surface area (Å²) in [5.74, 6) is 0.152. The fraction of sp³-hybridized carbons (Fsp3) is 0.588. The van der Waals surface area contributed by atoms with Crippen molar-refractivity contribution < 1.29 is 14.5 Å². The molecule has 3 fully saturated rings. The van der Waals surface area contributed by atoms with Gasteiger partial charge in [-0.3, -0.25) is 14.9 Å². The number of nitrogens with zero attached hydrogens (tertiary/aromatic N) is 2. The topological polar surface area (TPSA) is 72.7 Å². The lowest BCUT2D eigenvalue weighted by atomic mass is 9.88. The van der Waals surface area contributed by atoms with Crippen molar-refractivity contribution in [3.05, 3.63) is 39.9 Å². The Morgan fingerprint density at radius 1 is 1.30 bits per heavy atom. The van der Waals surface area contributed by atoms with E-state index in [1.54, 1.807) is 12.1 Å². The lowest BCUT2D eigenvalue weighted by Gasteiger charge is -2.28. The molecule has 2 bridgehead atoms. The largest absolute Gasteiger partial charge is 0.374 e. The van der Waals surface area contributed by atoms with E-state index in [0.717, 1.165) is 37.7 Å². The van der Waals surface area contributed by atoms with E-state index in [1.165, 1.54) is 6.07 Å². The summed E-state index contributed by atoms with van der Waals surface area (Å²) >= 11 is 0. The highest BCUT2D eigenvalue weighted by Gasteiger charge is 2.47. The van der Waals surface area contributed by atoms with Crippen LogP contribution in [0, 0.1) is 16.0 Å². The second-order valence-electron chi connectivity index (χ2n) is 6.84. The Balaban J connectivity index is 1.51. The van der Waals surface area contributed by atoms with Gasteiger partial charge in [-0.2, -0.15) is 0 Å². The number of non-ortho nitro benzene ring substituents is 1. The van der Waals surface area contributed by atoms with Gasteiger partial charge in [0.15, 0.2) is 0 Å². The molecule has 4 rings (SSSR count). The van der Waals surface area contributed by atoms with Crippen LogP contribution in [0.25, 0.3) is 0 Å². The number of nitro groups is 1. The first-order valence-electron chi connectivity index (χ1n) is 8.31. The molecule has 1 aliphatic carbocycles. The minimum atomic E-state index is -0.392. The van der Waals surface area contributed by atoms with Crippen LogP contribution in [0.4, 0.5) is 5.69 Å². The maximum Gasteiger partial charge on any atom is 0.269 e. The Morgan fingerprint density at radius 3 is 2.74 bits per heavy atom. The van der Waals surface area contributed by atoms with Crippen LogP contribution in [0.1, 0.15) is 37.7 Å². The smallest absolute Gasteiger partial charge is 0.269 e. The Labute approximate surface area is 134 Å². The first-order chi connectivity index (χ1) is 11.1. The first-order valence-corrected chi connectivity index (χ1v) is 8.31. The first kappa shape index (κ1) is 14.6. The number of nitro benzene ring substituents is 1. The number of hydrogen-bond donors (Lipinski definition) is 0. The van der Waals surface area contributed by atoms with Gasteiger partial charge < -0.3 is 9.64 Å². The molecule has 0 radical (unpaired) electrons. The third-order valence-electron chi connectivity index (χ3n) is 5.17. The molecule has 23 heavy (non-hydrogen) atoms. The Morgan fingerprint density at radius 2 is 2.13 bits per heavy atom. The summed E-state index contributed by atoms with van der Waals surface area (Å²) in [6.07, 6.45) is 5.29. The molecule has 3 aliphatic rings. The number of carbonyl (C=O) groups is 1. The molecule has 0 spiro atoms. The van der Waals surface area contributed by atoms with E-state index in [9.17, 15) is 14.9 Å². The highest BCUT2D eigenvalue weighted by Crippen LogP contribution is 2.41. The Hall–Kier alpha value is -1.95. The van der Waals surface area contributed by atoms with Crippen LogP contribution in [-0.2, 0) is 16.1 Å². The zero-order valence-corrected chi connectivity index (χ0v) is 12.9. The summed E-state index contributed by atoms with van der Waals surface area (Å²) in [5, 5.41) is 10.9. The maximum absolute atomic E-state index is 13.0. The molecule has 1 saturated carbocycles. The number of ether oxygens (including phenoxy) is 1. The molecular weight excluding hydrogens is 296 g/mol. The number of fused-ring (bicyclic) bond motifs is 2. The maximum atomic E-state index is 13.0. The Bertz CT molecular complexity index is 643. The number of carbonyl (C=O) groups excluding carboxylic acids is 1. The minimum Gasteiger partial charge on any atom is -0.374 e. The molecule has 0 aromatic heterocycles. The lowest BCUT2D eigenvalue weighted by molar-refractivity contribution is -0.384. The van der Waals surface area contributed by atoms with Gasteiger partial charge in [-0.05, 0) is 37.7 Å². The summed E-state index contributed by atoms with van der Waals surface area (Å²) in [6, 6.07) is 6.88. The van der Waals surface area contributed by atoms with Gasteiger partial charge in [0.25, 0.3) is 5.69 Å². The van der Waals surface area contributed by atoms with Gasteiger partial charge in [0, 0.05) is 24.7 Å². The van der Waals surface area contributed by atoms with Crippen LogP contribution >= 0.6 is 0 Å². The van der Waals surface area contributed by atoms with Gasteiger partial charge >= 0.3 is 0 Å². The van der Waals surface area contributed by atoms with Gasteiger partial charge in [-0.25, -0.2) is 0 Å². The fourth-order valence-electron chi connectivity index (χ4n) is 3.85. The van der Waals surface area contributed by atoms with E-state index in [1.807, 2.05) is 11.0 Å². The predicted octanol–water partition coefficient (Wildman–Crippen LogP) is 2.65. The van der Waals surface area contributed by atoms with Crippen LogP contribution in [0.5, 0.6) is 0 Å². The summed E-state index contributed by atoms with van der Waals surface area (Å²) in [4.78, 5) is 25.4. The average Bonchev–Trinajstić information content (AvgIpc) is 3.17. The third-order valence-corrected chi connectivity index (χ3v) is 5.17. The van der Waals surface area contributed by atoms with Crippen molar-refractivity contribution in [2.24, 2.45) is 5.92 Å². The van der Waals surface area contributed by atoms with Gasteiger partial charge in [0.05, 0.1) is 23.0 Å². The van der Waals surface area contributed by atoms with E-state index in [0.29, 0.717) is 12.6 Å². The molecule has 0 N–H and O–H groups in total. The normalized spacial score (nSPS) is 28.8. The van der Waals surface area contributed by atoms with Crippen molar-refractivity contribution in [2.45, 2.75) is 56.9 Å². The predicted molar refractivity (Wildman–Crippen MR) is 82.7 cm³/mol. The Kier molecular flexibility index (Phi) is 3.56. The van der Waals surface area contributed by atoms with E-state index in [-0.39, 0.29) is 29.7 Å². The van der Waals surface area contributed by atoms with Crippen molar-refractivity contribution in [3.63, 3.8) is 0 Å². The second kappa shape index (κ2) is 5.60. The number of hydrogen-bond acceptors (Lipinski definition) is 4. The van der Waals surface area contributed by atoms with Gasteiger partial charge in [0.1, 0.15) is 0 Å². The van der Waals surface area contributed by atoms with Crippen molar-refractivity contribution >= 4 is 11.6 Å². The lowest BCUT2D eigenvalue weighted by Crippen LogP contribution is -2.40. The van der Waals surface area contributed by atoms with E-state index in [2.05, 4.69) is 0 Å². The summed E-state index contributed by atoms with van der Waals surface area (Å²) < 4.78 is 5.82. The monoisotopic (exact) mass is 316 g/mol. The van der Waals surface area contributed by atoms with Crippen molar-refractivity contribution in [1.82, 2.24) is 4.90 Å². The molecule has 122 valence electrons. The second-order valence-corrected chi connectivity index (χ2v) is 6.84. The van der Waals surface area contributed by atoms with Gasteiger partial charge in [0.2, 0.25) is 5.91 Å². The van der Waals surface area contributed by atoms with Crippen LogP contribution in [0.15, 0.2) is 24.3 Å². The van der Waals surface area contributed by atoms with Crippen molar-refractivity contribution in [1.29, 1.82) is 0 Å². The zero-order valence-electron chi connectivity index (χ0n) is 12.9.